The van der Waals surface area contributed by atoms with E-state index in [0.29, 0.717) is 29.8 Å². The van der Waals surface area contributed by atoms with Crippen LogP contribution in [0.3, 0.4) is 0 Å². The SMILES string of the molecule is COC1CCC(C2CC3CCCCN3C2C(=O)C2CCCNC2)C(OC)C1. The summed E-state index contributed by atoms with van der Waals surface area (Å²) in [5.74, 6) is 1.70. The molecule has 7 atom stereocenters. The second-order valence-electron chi connectivity index (χ2n) is 9.29. The Bertz CT molecular complexity index is 508. The molecule has 5 heteroatoms. The van der Waals surface area contributed by atoms with Gasteiger partial charge in [-0.15, -0.1) is 0 Å². The average Bonchev–Trinajstić information content (AvgIpc) is 3.12. The van der Waals surface area contributed by atoms with Crippen molar-refractivity contribution in [1.82, 2.24) is 10.2 Å². The van der Waals surface area contributed by atoms with Crippen molar-refractivity contribution < 1.29 is 14.3 Å². The van der Waals surface area contributed by atoms with Gasteiger partial charge in [0.05, 0.1) is 18.2 Å². The van der Waals surface area contributed by atoms with Crippen LogP contribution >= 0.6 is 0 Å². The minimum Gasteiger partial charge on any atom is -0.381 e. The van der Waals surface area contributed by atoms with Crippen molar-refractivity contribution in [3.8, 4) is 0 Å². The lowest BCUT2D eigenvalue weighted by Gasteiger charge is -2.41. The van der Waals surface area contributed by atoms with Gasteiger partial charge in [0.2, 0.25) is 0 Å². The van der Waals surface area contributed by atoms with E-state index in [2.05, 4.69) is 10.2 Å². The van der Waals surface area contributed by atoms with Crippen LogP contribution in [0.5, 0.6) is 0 Å². The topological polar surface area (TPSA) is 50.8 Å². The standard InChI is InChI=1S/C22H38N2O3/c1-26-17-8-9-18(20(13-17)27-2)19-12-16-7-3-4-11-24(16)21(19)22(25)15-6-5-10-23-14-15/h15-21,23H,3-14H2,1-2H3. The number of methoxy groups -OCH3 is 2. The molecule has 0 spiro atoms. The van der Waals surface area contributed by atoms with Crippen LogP contribution in [0.2, 0.25) is 0 Å². The van der Waals surface area contributed by atoms with Crippen LogP contribution in [0.25, 0.3) is 0 Å². The molecule has 1 N–H and O–H groups in total. The summed E-state index contributed by atoms with van der Waals surface area (Å²) in [6.07, 6.45) is 11.0. The molecule has 3 heterocycles. The Labute approximate surface area is 164 Å². The Morgan fingerprint density at radius 2 is 1.85 bits per heavy atom. The minimum absolute atomic E-state index is 0.127. The predicted octanol–water partition coefficient (Wildman–Crippen LogP) is 2.63. The normalized spacial score (nSPS) is 43.4. The molecule has 0 aromatic carbocycles. The molecule has 3 saturated heterocycles. The van der Waals surface area contributed by atoms with E-state index >= 15 is 0 Å². The smallest absolute Gasteiger partial charge is 0.154 e. The number of fused-ring (bicyclic) bond motifs is 1. The fourth-order valence-electron chi connectivity index (χ4n) is 6.54. The molecule has 4 rings (SSSR count). The number of rotatable bonds is 5. The van der Waals surface area contributed by atoms with Crippen LogP contribution in [-0.2, 0) is 14.3 Å². The number of ketones is 1. The second-order valence-corrected chi connectivity index (χ2v) is 9.29. The van der Waals surface area contributed by atoms with E-state index in [0.717, 1.165) is 51.7 Å². The van der Waals surface area contributed by atoms with Crippen LogP contribution in [0.15, 0.2) is 0 Å². The summed E-state index contributed by atoms with van der Waals surface area (Å²) in [5.41, 5.74) is 0. The lowest BCUT2D eigenvalue weighted by molar-refractivity contribution is -0.132. The third kappa shape index (κ3) is 3.98. The van der Waals surface area contributed by atoms with Crippen molar-refractivity contribution in [2.45, 2.75) is 82.1 Å². The van der Waals surface area contributed by atoms with Crippen molar-refractivity contribution in [3.63, 3.8) is 0 Å². The summed E-state index contributed by atoms with van der Waals surface area (Å²) in [5, 5.41) is 3.46. The van der Waals surface area contributed by atoms with Gasteiger partial charge in [-0.25, -0.2) is 0 Å². The van der Waals surface area contributed by atoms with Crippen LogP contribution in [-0.4, -0.2) is 68.8 Å². The van der Waals surface area contributed by atoms with Gasteiger partial charge >= 0.3 is 0 Å². The number of carbonyl (C=O) groups is 1. The van der Waals surface area contributed by atoms with E-state index in [4.69, 9.17) is 9.47 Å². The number of carbonyl (C=O) groups excluding carboxylic acids is 1. The highest BCUT2D eigenvalue weighted by atomic mass is 16.5. The Balaban J connectivity index is 1.55. The van der Waals surface area contributed by atoms with Gasteiger partial charge in [0, 0.05) is 39.1 Å². The van der Waals surface area contributed by atoms with Gasteiger partial charge in [-0.05, 0) is 69.9 Å². The number of hydrogen-bond donors (Lipinski definition) is 1. The van der Waals surface area contributed by atoms with E-state index in [9.17, 15) is 4.79 Å². The Morgan fingerprint density at radius 3 is 2.59 bits per heavy atom. The lowest BCUT2D eigenvalue weighted by Crippen LogP contribution is -2.52. The lowest BCUT2D eigenvalue weighted by atomic mass is 9.71. The van der Waals surface area contributed by atoms with Crippen LogP contribution in [0.4, 0.5) is 0 Å². The fourth-order valence-corrected chi connectivity index (χ4v) is 6.54. The number of piperidine rings is 2. The third-order valence-electron chi connectivity index (χ3n) is 7.95. The highest BCUT2D eigenvalue weighted by Crippen LogP contribution is 2.46. The van der Waals surface area contributed by atoms with Crippen molar-refractivity contribution in [2.24, 2.45) is 17.8 Å². The highest BCUT2D eigenvalue weighted by Gasteiger charge is 2.51. The summed E-state index contributed by atoms with van der Waals surface area (Å²) in [6, 6.07) is 0.744. The molecule has 1 aliphatic carbocycles. The quantitative estimate of drug-likeness (QED) is 0.797. The largest absolute Gasteiger partial charge is 0.381 e. The summed E-state index contributed by atoms with van der Waals surface area (Å²) in [6.45, 7) is 3.06. The van der Waals surface area contributed by atoms with Crippen LogP contribution in [0, 0.1) is 17.8 Å². The monoisotopic (exact) mass is 378 g/mol. The molecule has 5 nitrogen and oxygen atoms in total. The Kier molecular flexibility index (Phi) is 6.53. The average molecular weight is 379 g/mol. The van der Waals surface area contributed by atoms with Crippen molar-refractivity contribution in [3.05, 3.63) is 0 Å². The number of hydrogen-bond acceptors (Lipinski definition) is 5. The first kappa shape index (κ1) is 19.8. The second kappa shape index (κ2) is 8.89. The summed E-state index contributed by atoms with van der Waals surface area (Å²) >= 11 is 0. The molecule has 0 aromatic heterocycles. The van der Waals surface area contributed by atoms with E-state index in [1.54, 1.807) is 0 Å². The number of Topliss-reactive ketones (excluding diaryl/α,β-unsaturated/α-hetero) is 1. The first-order valence-corrected chi connectivity index (χ1v) is 11.3. The zero-order chi connectivity index (χ0) is 18.8. The molecular formula is C22H38N2O3. The minimum atomic E-state index is 0.127. The zero-order valence-electron chi connectivity index (χ0n) is 17.2. The molecule has 154 valence electrons. The number of nitrogens with zero attached hydrogens (tertiary/aromatic N) is 1. The molecule has 1 saturated carbocycles. The van der Waals surface area contributed by atoms with Gasteiger partial charge in [0.25, 0.3) is 0 Å². The van der Waals surface area contributed by atoms with Gasteiger partial charge in [-0.1, -0.05) is 6.42 Å². The first-order valence-electron chi connectivity index (χ1n) is 11.3. The van der Waals surface area contributed by atoms with E-state index < -0.39 is 0 Å². The van der Waals surface area contributed by atoms with Gasteiger partial charge in [-0.3, -0.25) is 9.69 Å². The molecule has 7 unspecified atom stereocenters. The zero-order valence-corrected chi connectivity index (χ0v) is 17.2. The molecule has 0 amide bonds. The Morgan fingerprint density at radius 1 is 0.963 bits per heavy atom. The predicted molar refractivity (Wildman–Crippen MR) is 106 cm³/mol. The molecule has 4 aliphatic rings. The van der Waals surface area contributed by atoms with Gasteiger partial charge < -0.3 is 14.8 Å². The summed E-state index contributed by atoms with van der Waals surface area (Å²) in [7, 11) is 3.66. The van der Waals surface area contributed by atoms with E-state index in [1.807, 2.05) is 14.2 Å². The summed E-state index contributed by atoms with van der Waals surface area (Å²) in [4.78, 5) is 16.3. The van der Waals surface area contributed by atoms with Crippen molar-refractivity contribution >= 4 is 5.78 Å². The van der Waals surface area contributed by atoms with Crippen molar-refractivity contribution in [1.29, 1.82) is 0 Å². The molecule has 0 bridgehead atoms. The van der Waals surface area contributed by atoms with Gasteiger partial charge in [-0.2, -0.15) is 0 Å². The highest BCUT2D eigenvalue weighted by molar-refractivity contribution is 5.87. The maximum absolute atomic E-state index is 13.7. The van der Waals surface area contributed by atoms with Gasteiger partial charge in [0.1, 0.15) is 0 Å². The van der Waals surface area contributed by atoms with E-state index in [1.165, 1.54) is 25.7 Å². The number of ether oxygens (including phenoxy) is 2. The van der Waals surface area contributed by atoms with Crippen LogP contribution in [0.1, 0.15) is 57.8 Å². The fraction of sp³-hybridized carbons (Fsp3) is 0.955. The van der Waals surface area contributed by atoms with Crippen molar-refractivity contribution in [2.75, 3.05) is 33.9 Å². The molecule has 0 aromatic rings. The molecule has 3 aliphatic heterocycles. The number of nitrogens with one attached hydrogen (secondary N) is 1. The Hall–Kier alpha value is -0.490. The maximum atomic E-state index is 13.7. The molecule has 4 fully saturated rings. The first-order chi connectivity index (χ1) is 13.2. The summed E-state index contributed by atoms with van der Waals surface area (Å²) < 4.78 is 11.6. The van der Waals surface area contributed by atoms with Gasteiger partial charge in [0.15, 0.2) is 5.78 Å². The molecular weight excluding hydrogens is 340 g/mol. The van der Waals surface area contributed by atoms with E-state index in [-0.39, 0.29) is 18.1 Å². The molecule has 27 heavy (non-hydrogen) atoms. The van der Waals surface area contributed by atoms with Crippen LogP contribution < -0.4 is 5.32 Å². The third-order valence-corrected chi connectivity index (χ3v) is 7.95. The molecule has 0 radical (unpaired) electrons. The maximum Gasteiger partial charge on any atom is 0.154 e.